The first kappa shape index (κ1) is 16.7. The largest absolute Gasteiger partial charge is 0.480 e. The van der Waals surface area contributed by atoms with Gasteiger partial charge >= 0.3 is 5.97 Å². The maximum absolute atomic E-state index is 12.1. The van der Waals surface area contributed by atoms with Crippen molar-refractivity contribution in [3.63, 3.8) is 0 Å². The molecule has 0 unspecified atom stereocenters. The summed E-state index contributed by atoms with van der Waals surface area (Å²) < 4.78 is 1.21. The minimum atomic E-state index is -0.996. The quantitative estimate of drug-likeness (QED) is 0.873. The summed E-state index contributed by atoms with van der Waals surface area (Å²) in [6.45, 7) is 6.28. The van der Waals surface area contributed by atoms with Crippen molar-refractivity contribution in [3.05, 3.63) is 47.3 Å². The van der Waals surface area contributed by atoms with Crippen molar-refractivity contribution < 1.29 is 14.7 Å². The van der Waals surface area contributed by atoms with Crippen LogP contribution in [-0.2, 0) is 23.3 Å². The van der Waals surface area contributed by atoms with Gasteiger partial charge in [-0.15, -0.1) is 5.10 Å². The summed E-state index contributed by atoms with van der Waals surface area (Å²) >= 11 is 0. The van der Waals surface area contributed by atoms with E-state index in [4.69, 9.17) is 5.11 Å². The van der Waals surface area contributed by atoms with Gasteiger partial charge < -0.3 is 10.4 Å². The third kappa shape index (κ3) is 4.64. The summed E-state index contributed by atoms with van der Waals surface area (Å²) in [4.78, 5) is 22.7. The number of carbonyl (C=O) groups is 2. The number of nitrogens with zero attached hydrogens (tertiary/aromatic N) is 3. The van der Waals surface area contributed by atoms with Crippen molar-refractivity contribution in [2.75, 3.05) is 0 Å². The van der Waals surface area contributed by atoms with Crippen molar-refractivity contribution in [2.24, 2.45) is 0 Å². The third-order valence-electron chi connectivity index (χ3n) is 3.33. The predicted octanol–water partition coefficient (Wildman–Crippen LogP) is 1.59. The topological polar surface area (TPSA) is 97.1 Å². The Kier molecular flexibility index (Phi) is 4.78. The van der Waals surface area contributed by atoms with Gasteiger partial charge in [0.15, 0.2) is 0 Å². The van der Waals surface area contributed by atoms with Crippen LogP contribution < -0.4 is 5.32 Å². The highest BCUT2D eigenvalue weighted by atomic mass is 16.4. The average molecular weight is 316 g/mol. The van der Waals surface area contributed by atoms with E-state index >= 15 is 0 Å². The van der Waals surface area contributed by atoms with E-state index in [1.807, 2.05) is 12.1 Å². The zero-order valence-corrected chi connectivity index (χ0v) is 13.4. The van der Waals surface area contributed by atoms with Crippen molar-refractivity contribution in [1.29, 1.82) is 0 Å². The lowest BCUT2D eigenvalue weighted by Crippen LogP contribution is -2.23. The number of nitrogens with one attached hydrogen (secondary N) is 1. The number of carbonyl (C=O) groups excluding carboxylic acids is 1. The number of rotatable bonds is 5. The monoisotopic (exact) mass is 316 g/mol. The first-order valence-electron chi connectivity index (χ1n) is 7.25. The number of aliphatic carboxylic acids is 1. The van der Waals surface area contributed by atoms with E-state index in [0.717, 1.165) is 5.56 Å². The smallest absolute Gasteiger partial charge is 0.325 e. The standard InChI is InChI=1S/C16H20N4O3/c1-16(2,3)12-6-4-11(5-7-12)15(23)17-8-13-9-20(19-18-13)10-14(21)22/h4-7,9H,8,10H2,1-3H3,(H,17,23)(H,21,22). The van der Waals surface area contributed by atoms with Crippen molar-refractivity contribution in [2.45, 2.75) is 39.3 Å². The number of aromatic nitrogens is 3. The fourth-order valence-electron chi connectivity index (χ4n) is 2.03. The summed E-state index contributed by atoms with van der Waals surface area (Å²) in [5.41, 5.74) is 2.27. The van der Waals surface area contributed by atoms with E-state index in [2.05, 4.69) is 36.4 Å². The molecule has 7 nitrogen and oxygen atoms in total. The van der Waals surface area contributed by atoms with Crippen LogP contribution in [0.2, 0.25) is 0 Å². The van der Waals surface area contributed by atoms with Gasteiger partial charge in [0.05, 0.1) is 12.7 Å². The van der Waals surface area contributed by atoms with Gasteiger partial charge in [-0.25, -0.2) is 4.68 Å². The first-order valence-corrected chi connectivity index (χ1v) is 7.25. The minimum Gasteiger partial charge on any atom is -0.480 e. The highest BCUT2D eigenvalue weighted by Gasteiger charge is 2.14. The molecule has 0 saturated carbocycles. The summed E-state index contributed by atoms with van der Waals surface area (Å²) in [7, 11) is 0. The molecule has 0 bridgehead atoms. The predicted molar refractivity (Wildman–Crippen MR) is 84.0 cm³/mol. The lowest BCUT2D eigenvalue weighted by atomic mass is 9.87. The van der Waals surface area contributed by atoms with Crippen LogP contribution in [0.25, 0.3) is 0 Å². The van der Waals surface area contributed by atoms with E-state index in [1.165, 1.54) is 10.9 Å². The van der Waals surface area contributed by atoms with Crippen LogP contribution in [-0.4, -0.2) is 32.0 Å². The van der Waals surface area contributed by atoms with E-state index in [1.54, 1.807) is 12.1 Å². The molecule has 0 atom stereocenters. The molecular formula is C16H20N4O3. The summed E-state index contributed by atoms with van der Waals surface area (Å²) in [5.74, 6) is -1.21. The van der Waals surface area contributed by atoms with E-state index < -0.39 is 5.97 Å². The molecule has 23 heavy (non-hydrogen) atoms. The van der Waals surface area contributed by atoms with Crippen LogP contribution in [0.15, 0.2) is 30.5 Å². The lowest BCUT2D eigenvalue weighted by Gasteiger charge is -2.19. The highest BCUT2D eigenvalue weighted by Crippen LogP contribution is 2.22. The highest BCUT2D eigenvalue weighted by molar-refractivity contribution is 5.94. The Morgan fingerprint density at radius 2 is 1.87 bits per heavy atom. The number of hydrogen-bond acceptors (Lipinski definition) is 4. The van der Waals surface area contributed by atoms with Gasteiger partial charge in [0.2, 0.25) is 0 Å². The molecule has 1 aromatic heterocycles. The molecule has 0 radical (unpaired) electrons. The van der Waals surface area contributed by atoms with Gasteiger partial charge in [-0.05, 0) is 23.1 Å². The molecule has 0 spiro atoms. The molecule has 0 aliphatic rings. The molecule has 0 aliphatic heterocycles. The number of hydrogen-bond donors (Lipinski definition) is 2. The molecule has 2 rings (SSSR count). The zero-order valence-electron chi connectivity index (χ0n) is 13.4. The number of benzene rings is 1. The molecule has 1 aromatic carbocycles. The fraction of sp³-hybridized carbons (Fsp3) is 0.375. The van der Waals surface area contributed by atoms with E-state index in [-0.39, 0.29) is 24.4 Å². The number of carboxylic acid groups (broad SMARTS) is 1. The summed E-state index contributed by atoms with van der Waals surface area (Å²) in [6, 6.07) is 7.46. The average Bonchev–Trinajstić information content (AvgIpc) is 2.90. The molecule has 1 amide bonds. The molecule has 2 aromatic rings. The van der Waals surface area contributed by atoms with Crippen molar-refractivity contribution >= 4 is 11.9 Å². The molecule has 1 heterocycles. The molecule has 0 fully saturated rings. The number of amides is 1. The Bertz CT molecular complexity index is 699. The molecule has 0 saturated heterocycles. The second-order valence-electron chi connectivity index (χ2n) is 6.31. The molecule has 122 valence electrons. The SMILES string of the molecule is CC(C)(C)c1ccc(C(=O)NCc2cn(CC(=O)O)nn2)cc1. The van der Waals surface area contributed by atoms with E-state index in [9.17, 15) is 9.59 Å². The van der Waals surface area contributed by atoms with Crippen LogP contribution in [0.3, 0.4) is 0 Å². The maximum atomic E-state index is 12.1. The third-order valence-corrected chi connectivity index (χ3v) is 3.33. The Morgan fingerprint density at radius 1 is 1.22 bits per heavy atom. The fourth-order valence-corrected chi connectivity index (χ4v) is 2.03. The second-order valence-corrected chi connectivity index (χ2v) is 6.31. The van der Waals surface area contributed by atoms with Gasteiger partial charge in [-0.2, -0.15) is 0 Å². The van der Waals surface area contributed by atoms with Crippen LogP contribution in [0, 0.1) is 0 Å². The zero-order chi connectivity index (χ0) is 17.0. The summed E-state index contributed by atoms with van der Waals surface area (Å²) in [5, 5.41) is 18.9. The lowest BCUT2D eigenvalue weighted by molar-refractivity contribution is -0.137. The van der Waals surface area contributed by atoms with Gasteiger partial charge in [0, 0.05) is 5.56 Å². The van der Waals surface area contributed by atoms with Gasteiger partial charge in [0.1, 0.15) is 12.2 Å². The molecule has 2 N–H and O–H groups in total. The maximum Gasteiger partial charge on any atom is 0.325 e. The van der Waals surface area contributed by atoms with E-state index in [0.29, 0.717) is 11.3 Å². The van der Waals surface area contributed by atoms with Gasteiger partial charge in [0.25, 0.3) is 5.91 Å². The Hall–Kier alpha value is -2.70. The van der Waals surface area contributed by atoms with Crippen molar-refractivity contribution in [3.8, 4) is 0 Å². The number of carboxylic acids is 1. The molecule has 7 heteroatoms. The van der Waals surface area contributed by atoms with Crippen LogP contribution >= 0.6 is 0 Å². The Labute approximate surface area is 134 Å². The molecular weight excluding hydrogens is 296 g/mol. The normalized spacial score (nSPS) is 11.3. The molecule has 0 aliphatic carbocycles. The van der Waals surface area contributed by atoms with Gasteiger partial charge in [-0.3, -0.25) is 9.59 Å². The van der Waals surface area contributed by atoms with Crippen LogP contribution in [0.5, 0.6) is 0 Å². The van der Waals surface area contributed by atoms with Crippen molar-refractivity contribution in [1.82, 2.24) is 20.3 Å². The summed E-state index contributed by atoms with van der Waals surface area (Å²) in [6.07, 6.45) is 1.50. The minimum absolute atomic E-state index is 0.0393. The Morgan fingerprint density at radius 3 is 2.43 bits per heavy atom. The van der Waals surface area contributed by atoms with Crippen LogP contribution in [0.1, 0.15) is 42.4 Å². The van der Waals surface area contributed by atoms with Crippen LogP contribution in [0.4, 0.5) is 0 Å². The van der Waals surface area contributed by atoms with Gasteiger partial charge in [-0.1, -0.05) is 38.1 Å². The second kappa shape index (κ2) is 6.60. The first-order chi connectivity index (χ1) is 10.8. The Balaban J connectivity index is 1.94.